The van der Waals surface area contributed by atoms with E-state index >= 15 is 0 Å². The van der Waals surface area contributed by atoms with Gasteiger partial charge in [-0.15, -0.1) is 6.42 Å². The molecule has 0 aromatic carbocycles. The van der Waals surface area contributed by atoms with Crippen LogP contribution in [0.4, 0.5) is 0 Å². The topological polar surface area (TPSA) is 26.3 Å². The first-order valence-electron chi connectivity index (χ1n) is 3.27. The molecule has 0 bridgehead atoms. The van der Waals surface area contributed by atoms with E-state index in [-0.39, 0.29) is 5.92 Å². The Hall–Kier alpha value is 0.0200. The summed E-state index contributed by atoms with van der Waals surface area (Å²) in [6.07, 6.45) is 5.28. The quantitative estimate of drug-likeness (QED) is 0.426. The van der Waals surface area contributed by atoms with Crippen LogP contribution >= 0.6 is 10.8 Å². The van der Waals surface area contributed by atoms with Crippen LogP contribution in [0.15, 0.2) is 0 Å². The van der Waals surface area contributed by atoms with Crippen molar-refractivity contribution in [2.75, 3.05) is 5.75 Å². The van der Waals surface area contributed by atoms with E-state index in [1.165, 1.54) is 10.8 Å². The van der Waals surface area contributed by atoms with E-state index in [0.717, 1.165) is 5.75 Å². The lowest BCUT2D eigenvalue weighted by molar-refractivity contribution is 0.0952. The second kappa shape index (κ2) is 3.18. The van der Waals surface area contributed by atoms with E-state index < -0.39 is 15.7 Å². The lowest BCUT2D eigenvalue weighted by Crippen LogP contribution is -2.38. The Morgan fingerprint density at radius 3 is 2.91 bits per heavy atom. The molecule has 0 aromatic rings. The molecule has 0 N–H and O–H groups in total. The fraction of sp³-hybridized carbons (Fsp3) is 0.714. The fourth-order valence-corrected chi connectivity index (χ4v) is 3.50. The first-order chi connectivity index (χ1) is 5.06. The highest BCUT2D eigenvalue weighted by Gasteiger charge is 2.36. The minimum atomic E-state index is -1.21. The van der Waals surface area contributed by atoms with Gasteiger partial charge < -0.3 is 0 Å². The third kappa shape index (κ3) is 1.98. The van der Waals surface area contributed by atoms with Crippen molar-refractivity contribution in [2.24, 2.45) is 5.92 Å². The van der Waals surface area contributed by atoms with Crippen LogP contribution in [0.3, 0.4) is 0 Å². The highest BCUT2D eigenvalue weighted by atomic mass is 33.1. The number of hydrogen-bond acceptors (Lipinski definition) is 3. The summed E-state index contributed by atoms with van der Waals surface area (Å²) in [6, 6.07) is 0. The van der Waals surface area contributed by atoms with Crippen LogP contribution in [0.5, 0.6) is 0 Å². The highest BCUT2D eigenvalue weighted by molar-refractivity contribution is 8.67. The summed E-state index contributed by atoms with van der Waals surface area (Å²) in [5.41, 5.74) is -0.440. The van der Waals surface area contributed by atoms with Crippen molar-refractivity contribution in [1.82, 2.24) is 0 Å². The molecule has 2 atom stereocenters. The molecule has 1 aliphatic heterocycles. The zero-order valence-corrected chi connectivity index (χ0v) is 8.13. The highest BCUT2D eigenvalue weighted by Crippen LogP contribution is 2.34. The van der Waals surface area contributed by atoms with Gasteiger partial charge in [0.15, 0.2) is 0 Å². The molecule has 0 aliphatic carbocycles. The minimum Gasteiger partial charge on any atom is -0.275 e. The number of rotatable bonds is 0. The first kappa shape index (κ1) is 9.11. The second-order valence-electron chi connectivity index (χ2n) is 2.89. The normalized spacial score (nSPS) is 36.1. The third-order valence-corrected chi connectivity index (χ3v) is 4.07. The Labute approximate surface area is 73.1 Å². The van der Waals surface area contributed by atoms with Crippen molar-refractivity contribution in [3.05, 3.63) is 0 Å². The predicted molar refractivity (Wildman–Crippen MR) is 48.1 cm³/mol. The molecule has 1 heterocycles. The van der Waals surface area contributed by atoms with Gasteiger partial charge in [0.2, 0.25) is 10.1 Å². The van der Waals surface area contributed by atoms with Crippen molar-refractivity contribution < 1.29 is 8.39 Å². The van der Waals surface area contributed by atoms with E-state index in [1.807, 2.05) is 13.8 Å². The Morgan fingerprint density at radius 2 is 2.45 bits per heavy atom. The summed E-state index contributed by atoms with van der Waals surface area (Å²) in [5.74, 6) is 3.41. The van der Waals surface area contributed by atoms with E-state index in [4.69, 9.17) is 10.6 Å². The fourth-order valence-electron chi connectivity index (χ4n) is 0.831. The summed E-state index contributed by atoms with van der Waals surface area (Å²) < 4.78 is 16.1. The largest absolute Gasteiger partial charge is 0.275 e. The summed E-state index contributed by atoms with van der Waals surface area (Å²) in [5, 5.41) is 0. The molecule has 1 rings (SSSR count). The van der Waals surface area contributed by atoms with E-state index in [2.05, 4.69) is 5.92 Å². The Bertz CT molecular complexity index is 217. The van der Waals surface area contributed by atoms with Crippen molar-refractivity contribution in [3.63, 3.8) is 0 Å². The lowest BCUT2D eigenvalue weighted by atomic mass is 9.94. The molecule has 0 aromatic heterocycles. The van der Waals surface area contributed by atoms with Gasteiger partial charge in [-0.25, -0.2) is 4.21 Å². The van der Waals surface area contributed by atoms with Gasteiger partial charge in [0.05, 0.1) is 11.5 Å². The standard InChI is InChI=1S/C7H10O2S2/c1-4-6-5-10-11(8)9-7(6,2)3/h1,6H,5H2,2-3H3/t6-,11?/m1/s1. The molecule has 11 heavy (non-hydrogen) atoms. The molecule has 0 saturated carbocycles. The predicted octanol–water partition coefficient (Wildman–Crippen LogP) is 1.36. The zero-order chi connectivity index (χ0) is 8.48. The monoisotopic (exact) mass is 190 g/mol. The average Bonchev–Trinajstić information content (AvgIpc) is 1.85. The zero-order valence-electron chi connectivity index (χ0n) is 6.49. The van der Waals surface area contributed by atoms with Crippen molar-refractivity contribution in [1.29, 1.82) is 0 Å². The van der Waals surface area contributed by atoms with Crippen LogP contribution in [0.1, 0.15) is 13.8 Å². The molecule has 4 heteroatoms. The molecule has 1 unspecified atom stereocenters. The van der Waals surface area contributed by atoms with Gasteiger partial charge >= 0.3 is 0 Å². The molecule has 0 radical (unpaired) electrons. The maximum atomic E-state index is 10.9. The van der Waals surface area contributed by atoms with Gasteiger partial charge in [-0.2, -0.15) is 0 Å². The van der Waals surface area contributed by atoms with Crippen LogP contribution in [0, 0.1) is 18.3 Å². The molecule has 0 amide bonds. The van der Waals surface area contributed by atoms with Gasteiger partial charge in [-0.1, -0.05) is 5.92 Å². The van der Waals surface area contributed by atoms with E-state index in [9.17, 15) is 4.21 Å². The molecule has 1 fully saturated rings. The van der Waals surface area contributed by atoms with E-state index in [0.29, 0.717) is 0 Å². The van der Waals surface area contributed by atoms with Crippen molar-refractivity contribution in [3.8, 4) is 12.3 Å². The first-order valence-corrected chi connectivity index (χ1v) is 5.84. The molecule has 0 spiro atoms. The van der Waals surface area contributed by atoms with Gasteiger partial charge in [0, 0.05) is 5.75 Å². The Kier molecular flexibility index (Phi) is 2.63. The molecular formula is C7H10O2S2. The summed E-state index contributed by atoms with van der Waals surface area (Å²) >= 11 is 0. The third-order valence-electron chi connectivity index (χ3n) is 1.65. The van der Waals surface area contributed by atoms with Gasteiger partial charge in [-0.05, 0) is 24.6 Å². The average molecular weight is 190 g/mol. The lowest BCUT2D eigenvalue weighted by Gasteiger charge is -2.33. The maximum absolute atomic E-state index is 10.9. The molecule has 1 saturated heterocycles. The van der Waals surface area contributed by atoms with Crippen LogP contribution in [-0.4, -0.2) is 15.6 Å². The number of terminal acetylenes is 1. The smallest absolute Gasteiger partial charge is 0.219 e. The van der Waals surface area contributed by atoms with Crippen LogP contribution in [0.2, 0.25) is 0 Å². The van der Waals surface area contributed by atoms with Gasteiger partial charge in [0.1, 0.15) is 0 Å². The summed E-state index contributed by atoms with van der Waals surface area (Å²) in [4.78, 5) is 0. The SMILES string of the molecule is C#C[C@@H]1CSS(=O)OC1(C)C. The molecular weight excluding hydrogens is 180 g/mol. The van der Waals surface area contributed by atoms with Crippen molar-refractivity contribution in [2.45, 2.75) is 19.4 Å². The summed E-state index contributed by atoms with van der Waals surface area (Å²) in [6.45, 7) is 3.74. The number of hydrogen-bond donors (Lipinski definition) is 0. The van der Waals surface area contributed by atoms with Gasteiger partial charge in [0.25, 0.3) is 0 Å². The van der Waals surface area contributed by atoms with Crippen LogP contribution < -0.4 is 0 Å². The molecule has 2 nitrogen and oxygen atoms in total. The summed E-state index contributed by atoms with van der Waals surface area (Å²) in [7, 11) is 0.0497. The Balaban J connectivity index is 2.73. The van der Waals surface area contributed by atoms with Crippen LogP contribution in [0.25, 0.3) is 0 Å². The molecule has 62 valence electrons. The maximum Gasteiger partial charge on any atom is 0.219 e. The van der Waals surface area contributed by atoms with Crippen molar-refractivity contribution >= 4 is 20.9 Å². The minimum absolute atomic E-state index is 0.0604. The van der Waals surface area contributed by atoms with E-state index in [1.54, 1.807) is 0 Å². The molecule has 1 aliphatic rings. The second-order valence-corrected chi connectivity index (χ2v) is 5.56. The van der Waals surface area contributed by atoms with Gasteiger partial charge in [-0.3, -0.25) is 4.18 Å². The van der Waals surface area contributed by atoms with Crippen LogP contribution in [-0.2, 0) is 14.3 Å². The Morgan fingerprint density at radius 1 is 1.82 bits per heavy atom.